The van der Waals surface area contributed by atoms with Gasteiger partial charge >= 0.3 is 0 Å². The summed E-state index contributed by atoms with van der Waals surface area (Å²) in [7, 11) is 0. The summed E-state index contributed by atoms with van der Waals surface area (Å²) >= 11 is 0. The first-order chi connectivity index (χ1) is 12.1. The Kier molecular flexibility index (Phi) is 3.76. The second-order valence-electron chi connectivity index (χ2n) is 6.16. The smallest absolute Gasteiger partial charge is 0.261 e. The van der Waals surface area contributed by atoms with Gasteiger partial charge < -0.3 is 14.5 Å². The fraction of sp³-hybridized carbons (Fsp3) is 0.278. The van der Waals surface area contributed by atoms with Gasteiger partial charge in [0.25, 0.3) is 5.91 Å². The second-order valence-corrected chi connectivity index (χ2v) is 6.16. The molecule has 0 aliphatic carbocycles. The molecular weight excluding hydrogens is 320 g/mol. The summed E-state index contributed by atoms with van der Waals surface area (Å²) in [6.07, 6.45) is 1.63. The molecule has 3 aromatic rings. The number of fused-ring (bicyclic) bond motifs is 1. The van der Waals surface area contributed by atoms with Gasteiger partial charge in [0, 0.05) is 6.42 Å². The van der Waals surface area contributed by atoms with Crippen molar-refractivity contribution >= 4 is 5.91 Å². The van der Waals surface area contributed by atoms with E-state index in [0.29, 0.717) is 23.8 Å². The topological polar surface area (TPSA) is 93.0 Å². The lowest BCUT2D eigenvalue weighted by molar-refractivity contribution is -0.127. The Labute approximate surface area is 144 Å². The SMILES string of the molecule is Cc1cc2c(cc1C)O[C@@H](C(=O)NCc1nc(-c3ccco3)n[nH]1)C2. The highest BCUT2D eigenvalue weighted by Crippen LogP contribution is 2.31. The zero-order chi connectivity index (χ0) is 17.4. The summed E-state index contributed by atoms with van der Waals surface area (Å²) < 4.78 is 11.0. The molecule has 0 saturated carbocycles. The number of ether oxygens (including phenoxy) is 1. The first kappa shape index (κ1) is 15.4. The Balaban J connectivity index is 1.37. The first-order valence-electron chi connectivity index (χ1n) is 8.10. The molecule has 25 heavy (non-hydrogen) atoms. The molecule has 1 aliphatic heterocycles. The molecule has 2 N–H and O–H groups in total. The molecule has 1 atom stereocenters. The largest absolute Gasteiger partial charge is 0.480 e. The highest BCUT2D eigenvalue weighted by atomic mass is 16.5. The zero-order valence-corrected chi connectivity index (χ0v) is 14.0. The fourth-order valence-corrected chi connectivity index (χ4v) is 2.83. The van der Waals surface area contributed by atoms with Gasteiger partial charge in [0.1, 0.15) is 11.6 Å². The van der Waals surface area contributed by atoms with E-state index in [-0.39, 0.29) is 12.5 Å². The number of furan rings is 1. The summed E-state index contributed by atoms with van der Waals surface area (Å²) in [6, 6.07) is 7.62. The maximum absolute atomic E-state index is 12.4. The standard InChI is InChI=1S/C18H18N4O3/c1-10-6-12-8-15(25-14(12)7-11(10)2)18(23)19-9-16-20-17(22-21-16)13-4-3-5-24-13/h3-7,15H,8-9H2,1-2H3,(H,19,23)(H,20,21,22)/t15-/m1/s1. The monoisotopic (exact) mass is 338 g/mol. The van der Waals surface area contributed by atoms with E-state index in [0.717, 1.165) is 16.9 Å². The molecule has 7 nitrogen and oxygen atoms in total. The molecule has 0 bridgehead atoms. The van der Waals surface area contributed by atoms with Gasteiger partial charge in [-0.05, 0) is 48.7 Å². The van der Waals surface area contributed by atoms with Crippen LogP contribution >= 0.6 is 0 Å². The van der Waals surface area contributed by atoms with Crippen molar-refractivity contribution < 1.29 is 13.9 Å². The highest BCUT2D eigenvalue weighted by Gasteiger charge is 2.29. The lowest BCUT2D eigenvalue weighted by atomic mass is 10.0. The molecule has 2 aromatic heterocycles. The van der Waals surface area contributed by atoms with Crippen molar-refractivity contribution in [3.8, 4) is 17.3 Å². The number of benzene rings is 1. The molecule has 1 aromatic carbocycles. The molecule has 0 fully saturated rings. The van der Waals surface area contributed by atoms with Gasteiger partial charge in [-0.2, -0.15) is 0 Å². The Bertz CT molecular complexity index is 884. The highest BCUT2D eigenvalue weighted by molar-refractivity contribution is 5.82. The Hall–Kier alpha value is -3.09. The van der Waals surface area contributed by atoms with Crippen LogP contribution in [0.5, 0.6) is 5.75 Å². The number of rotatable bonds is 4. The van der Waals surface area contributed by atoms with Gasteiger partial charge in [-0.15, -0.1) is 5.10 Å². The van der Waals surface area contributed by atoms with Gasteiger partial charge in [-0.1, -0.05) is 6.07 Å². The van der Waals surface area contributed by atoms with E-state index in [2.05, 4.69) is 33.5 Å². The zero-order valence-electron chi connectivity index (χ0n) is 14.0. The lowest BCUT2D eigenvalue weighted by Crippen LogP contribution is -2.37. The van der Waals surface area contributed by atoms with Crippen LogP contribution < -0.4 is 10.1 Å². The number of aryl methyl sites for hydroxylation is 2. The van der Waals surface area contributed by atoms with Gasteiger partial charge in [-0.25, -0.2) is 4.98 Å². The van der Waals surface area contributed by atoms with Crippen molar-refractivity contribution in [1.29, 1.82) is 0 Å². The number of nitrogens with one attached hydrogen (secondary N) is 2. The number of aromatic nitrogens is 3. The third-order valence-corrected chi connectivity index (χ3v) is 4.35. The summed E-state index contributed by atoms with van der Waals surface area (Å²) in [6.45, 7) is 4.34. The van der Waals surface area contributed by atoms with Gasteiger partial charge in [-0.3, -0.25) is 9.89 Å². The molecule has 4 rings (SSSR count). The Morgan fingerprint density at radius 1 is 1.36 bits per heavy atom. The van der Waals surface area contributed by atoms with E-state index in [1.54, 1.807) is 18.4 Å². The minimum atomic E-state index is -0.510. The average molecular weight is 338 g/mol. The second kappa shape index (κ2) is 6.08. The van der Waals surface area contributed by atoms with E-state index < -0.39 is 6.10 Å². The van der Waals surface area contributed by atoms with Gasteiger partial charge in [0.2, 0.25) is 5.82 Å². The van der Waals surface area contributed by atoms with Crippen LogP contribution in [0.15, 0.2) is 34.9 Å². The van der Waals surface area contributed by atoms with E-state index in [4.69, 9.17) is 9.15 Å². The van der Waals surface area contributed by atoms with Gasteiger partial charge in [0.15, 0.2) is 11.9 Å². The maximum atomic E-state index is 12.4. The molecule has 7 heteroatoms. The van der Waals surface area contributed by atoms with Crippen LogP contribution in [-0.4, -0.2) is 27.2 Å². The van der Waals surface area contributed by atoms with Crippen molar-refractivity contribution in [3.05, 3.63) is 53.0 Å². The third kappa shape index (κ3) is 3.00. The van der Waals surface area contributed by atoms with Crippen molar-refractivity contribution in [1.82, 2.24) is 20.5 Å². The maximum Gasteiger partial charge on any atom is 0.261 e. The van der Waals surface area contributed by atoms with E-state index in [1.807, 2.05) is 13.0 Å². The number of hydrogen-bond acceptors (Lipinski definition) is 5. The summed E-state index contributed by atoms with van der Waals surface area (Å²) in [5.74, 6) is 2.23. The molecule has 3 heterocycles. The number of carbonyl (C=O) groups excluding carboxylic acids is 1. The fourth-order valence-electron chi connectivity index (χ4n) is 2.83. The van der Waals surface area contributed by atoms with Crippen LogP contribution in [0, 0.1) is 13.8 Å². The van der Waals surface area contributed by atoms with E-state index in [9.17, 15) is 4.79 Å². The number of aromatic amines is 1. The summed E-state index contributed by atoms with van der Waals surface area (Å²) in [5.41, 5.74) is 3.44. The molecular formula is C18H18N4O3. The van der Waals surface area contributed by atoms with Crippen LogP contribution in [0.2, 0.25) is 0 Å². The molecule has 0 saturated heterocycles. The van der Waals surface area contributed by atoms with Crippen molar-refractivity contribution in [3.63, 3.8) is 0 Å². The van der Waals surface area contributed by atoms with Crippen molar-refractivity contribution in [2.24, 2.45) is 0 Å². The number of nitrogens with zero attached hydrogens (tertiary/aromatic N) is 2. The average Bonchev–Trinajstić information content (AvgIpc) is 3.32. The molecule has 1 amide bonds. The lowest BCUT2D eigenvalue weighted by Gasteiger charge is -2.10. The first-order valence-corrected chi connectivity index (χ1v) is 8.10. The van der Waals surface area contributed by atoms with Crippen LogP contribution in [0.1, 0.15) is 22.5 Å². The van der Waals surface area contributed by atoms with E-state index >= 15 is 0 Å². The summed E-state index contributed by atoms with van der Waals surface area (Å²) in [5, 5.41) is 9.70. The third-order valence-electron chi connectivity index (χ3n) is 4.35. The number of carbonyl (C=O) groups is 1. The van der Waals surface area contributed by atoms with Gasteiger partial charge in [0.05, 0.1) is 12.8 Å². The Morgan fingerprint density at radius 3 is 3.00 bits per heavy atom. The van der Waals surface area contributed by atoms with Crippen LogP contribution in [0.25, 0.3) is 11.6 Å². The summed E-state index contributed by atoms with van der Waals surface area (Å²) in [4.78, 5) is 16.7. The molecule has 1 aliphatic rings. The molecule has 128 valence electrons. The minimum absolute atomic E-state index is 0.164. The minimum Gasteiger partial charge on any atom is -0.480 e. The predicted molar refractivity (Wildman–Crippen MR) is 90.0 cm³/mol. The molecule has 0 spiro atoms. The van der Waals surface area contributed by atoms with Crippen molar-refractivity contribution in [2.75, 3.05) is 0 Å². The molecule has 0 radical (unpaired) electrons. The van der Waals surface area contributed by atoms with E-state index in [1.165, 1.54) is 5.56 Å². The molecule has 0 unspecified atom stereocenters. The Morgan fingerprint density at radius 2 is 2.20 bits per heavy atom. The predicted octanol–water partition coefficient (Wildman–Crippen LogP) is 2.30. The van der Waals surface area contributed by atoms with Crippen LogP contribution in [0.4, 0.5) is 0 Å². The number of amides is 1. The normalized spacial score (nSPS) is 15.7. The van der Waals surface area contributed by atoms with Crippen LogP contribution in [-0.2, 0) is 17.8 Å². The number of H-pyrrole nitrogens is 1. The van der Waals surface area contributed by atoms with Crippen LogP contribution in [0.3, 0.4) is 0 Å². The number of hydrogen-bond donors (Lipinski definition) is 2. The quantitative estimate of drug-likeness (QED) is 0.761. The van der Waals surface area contributed by atoms with Crippen molar-refractivity contribution in [2.45, 2.75) is 32.9 Å².